The van der Waals surface area contributed by atoms with Gasteiger partial charge in [0, 0.05) is 24.8 Å². The molecule has 0 N–H and O–H groups in total. The molecule has 5 heteroatoms. The number of ether oxygens (including phenoxy) is 2. The van der Waals surface area contributed by atoms with Crippen molar-refractivity contribution in [3.63, 3.8) is 0 Å². The minimum Gasteiger partial charge on any atom is -0.377 e. The van der Waals surface area contributed by atoms with Crippen molar-refractivity contribution in [2.24, 2.45) is 5.41 Å². The van der Waals surface area contributed by atoms with Crippen molar-refractivity contribution < 1.29 is 9.47 Å². The number of aromatic nitrogens is 1. The van der Waals surface area contributed by atoms with Gasteiger partial charge in [-0.25, -0.2) is 0 Å². The maximum Gasteiger partial charge on any atom is 0.0991 e. The highest BCUT2D eigenvalue weighted by Crippen LogP contribution is 2.44. The normalized spacial score (nSPS) is 24.8. The average Bonchev–Trinajstić information content (AvgIpc) is 3.46. The van der Waals surface area contributed by atoms with Crippen LogP contribution in [-0.4, -0.2) is 42.3 Å². The minimum atomic E-state index is -0.130. The van der Waals surface area contributed by atoms with Crippen molar-refractivity contribution in [1.82, 2.24) is 9.88 Å². The number of rotatable bonds is 7. The molecule has 2 aliphatic heterocycles. The summed E-state index contributed by atoms with van der Waals surface area (Å²) >= 11 is 0. The van der Waals surface area contributed by atoms with E-state index in [4.69, 9.17) is 14.7 Å². The molecule has 1 unspecified atom stereocenters. The van der Waals surface area contributed by atoms with Crippen LogP contribution in [0.1, 0.15) is 49.9 Å². The third-order valence-corrected chi connectivity index (χ3v) is 6.82. The second-order valence-electron chi connectivity index (χ2n) is 9.11. The van der Waals surface area contributed by atoms with Crippen LogP contribution in [0, 0.1) is 16.7 Å². The van der Waals surface area contributed by atoms with E-state index in [0.717, 1.165) is 50.2 Å². The van der Waals surface area contributed by atoms with Crippen molar-refractivity contribution in [3.8, 4) is 6.07 Å². The van der Waals surface area contributed by atoms with E-state index in [9.17, 15) is 0 Å². The minimum absolute atomic E-state index is 0.00907. The van der Waals surface area contributed by atoms with Gasteiger partial charge in [-0.2, -0.15) is 5.26 Å². The van der Waals surface area contributed by atoms with Gasteiger partial charge in [0.1, 0.15) is 0 Å². The molecular weight excluding hydrogens is 374 g/mol. The molecule has 0 saturated carbocycles. The Morgan fingerprint density at radius 2 is 2.10 bits per heavy atom. The molecule has 0 spiro atoms. The fourth-order valence-corrected chi connectivity index (χ4v) is 4.84. The number of nitriles is 1. The molecule has 2 saturated heterocycles. The Balaban J connectivity index is 1.46. The number of hydrogen-bond donors (Lipinski definition) is 0. The molecule has 30 heavy (non-hydrogen) atoms. The first-order chi connectivity index (χ1) is 14.5. The lowest BCUT2D eigenvalue weighted by Gasteiger charge is -2.39. The SMILES string of the molecule is CC(C)(c1ccccn1)N1CC[C@](COCc2ccc(C#N)cc2)(C2CCCO2)C1. The molecule has 1 aromatic carbocycles. The highest BCUT2D eigenvalue weighted by atomic mass is 16.5. The van der Waals surface area contributed by atoms with Gasteiger partial charge in [0.25, 0.3) is 0 Å². The Morgan fingerprint density at radius 1 is 1.27 bits per heavy atom. The second kappa shape index (κ2) is 8.85. The van der Waals surface area contributed by atoms with Crippen molar-refractivity contribution in [2.45, 2.75) is 51.4 Å². The molecule has 1 aromatic heterocycles. The van der Waals surface area contributed by atoms with Crippen molar-refractivity contribution in [1.29, 1.82) is 5.26 Å². The molecule has 2 aromatic rings. The van der Waals surface area contributed by atoms with Gasteiger partial charge < -0.3 is 9.47 Å². The predicted octanol–water partition coefficient (Wildman–Crippen LogP) is 4.28. The van der Waals surface area contributed by atoms with Gasteiger partial charge in [0.15, 0.2) is 0 Å². The van der Waals surface area contributed by atoms with Gasteiger partial charge in [-0.3, -0.25) is 9.88 Å². The van der Waals surface area contributed by atoms with Gasteiger partial charge in [-0.1, -0.05) is 18.2 Å². The van der Waals surface area contributed by atoms with E-state index in [-0.39, 0.29) is 17.1 Å². The molecule has 2 fully saturated rings. The van der Waals surface area contributed by atoms with Crippen LogP contribution in [0.5, 0.6) is 0 Å². The lowest BCUT2D eigenvalue weighted by atomic mass is 9.80. The standard InChI is InChI=1S/C25H31N3O2/c1-24(2,22-6-3-4-13-27-22)28-14-12-25(18-28,23-7-5-15-30-23)19-29-17-21-10-8-20(16-26)9-11-21/h3-4,6,8-11,13,23H,5,7,12,14-15,17-19H2,1-2H3/t23?,25-/m0/s1. The number of hydrogen-bond acceptors (Lipinski definition) is 5. The Morgan fingerprint density at radius 3 is 2.77 bits per heavy atom. The highest BCUT2D eigenvalue weighted by Gasteiger charge is 2.50. The summed E-state index contributed by atoms with van der Waals surface area (Å²) in [5.74, 6) is 0. The second-order valence-corrected chi connectivity index (χ2v) is 9.11. The summed E-state index contributed by atoms with van der Waals surface area (Å²) < 4.78 is 12.4. The Hall–Kier alpha value is -2.26. The van der Waals surface area contributed by atoms with Crippen molar-refractivity contribution in [3.05, 3.63) is 65.5 Å². The Kier molecular flexibility index (Phi) is 6.19. The zero-order valence-corrected chi connectivity index (χ0v) is 18.0. The molecule has 5 nitrogen and oxygen atoms in total. The Bertz CT molecular complexity index is 870. The van der Waals surface area contributed by atoms with Gasteiger partial charge in [0.2, 0.25) is 0 Å². The van der Waals surface area contributed by atoms with Crippen LogP contribution in [0.15, 0.2) is 48.7 Å². The summed E-state index contributed by atoms with van der Waals surface area (Å²) in [6, 6.07) is 16.0. The summed E-state index contributed by atoms with van der Waals surface area (Å²) in [5, 5.41) is 8.97. The van der Waals surface area contributed by atoms with Crippen molar-refractivity contribution in [2.75, 3.05) is 26.3 Å². The molecule has 0 aliphatic carbocycles. The van der Waals surface area contributed by atoms with E-state index in [1.54, 1.807) is 0 Å². The van der Waals surface area contributed by atoms with Crippen LogP contribution in [0.3, 0.4) is 0 Å². The molecule has 4 rings (SSSR count). The first-order valence-corrected chi connectivity index (χ1v) is 10.9. The lowest BCUT2D eigenvalue weighted by molar-refractivity contribution is -0.0596. The zero-order valence-electron chi connectivity index (χ0n) is 18.0. The summed E-state index contributed by atoms with van der Waals surface area (Å²) in [6.45, 7) is 8.59. The average molecular weight is 406 g/mol. The molecule has 3 heterocycles. The lowest BCUT2D eigenvalue weighted by Crippen LogP contribution is -2.46. The number of benzene rings is 1. The highest BCUT2D eigenvalue weighted by molar-refractivity contribution is 5.31. The van der Waals surface area contributed by atoms with E-state index in [2.05, 4.69) is 41.9 Å². The summed E-state index contributed by atoms with van der Waals surface area (Å²) in [6.07, 6.45) is 5.44. The topological polar surface area (TPSA) is 58.4 Å². The molecule has 0 amide bonds. The van der Waals surface area contributed by atoms with E-state index in [1.807, 2.05) is 36.5 Å². The molecule has 0 radical (unpaired) electrons. The quantitative estimate of drug-likeness (QED) is 0.688. The van der Waals surface area contributed by atoms with E-state index in [0.29, 0.717) is 18.8 Å². The largest absolute Gasteiger partial charge is 0.377 e. The molecule has 2 atom stereocenters. The van der Waals surface area contributed by atoms with Crippen LogP contribution in [-0.2, 0) is 21.6 Å². The van der Waals surface area contributed by atoms with Crippen LogP contribution < -0.4 is 0 Å². The maximum atomic E-state index is 8.97. The van der Waals surface area contributed by atoms with Crippen LogP contribution in [0.2, 0.25) is 0 Å². The van der Waals surface area contributed by atoms with E-state index >= 15 is 0 Å². The first-order valence-electron chi connectivity index (χ1n) is 10.9. The first kappa shape index (κ1) is 21.0. The van der Waals surface area contributed by atoms with Crippen LogP contribution >= 0.6 is 0 Å². The number of likely N-dealkylation sites (tertiary alicyclic amines) is 1. The van der Waals surface area contributed by atoms with Crippen LogP contribution in [0.25, 0.3) is 0 Å². The third kappa shape index (κ3) is 4.27. The fourth-order valence-electron chi connectivity index (χ4n) is 4.84. The smallest absolute Gasteiger partial charge is 0.0991 e. The molecular formula is C25H31N3O2. The zero-order chi connectivity index (χ0) is 21.0. The Labute approximate surface area is 179 Å². The summed E-state index contributed by atoms with van der Waals surface area (Å²) in [5.41, 5.74) is 2.76. The van der Waals surface area contributed by atoms with E-state index < -0.39 is 0 Å². The summed E-state index contributed by atoms with van der Waals surface area (Å²) in [4.78, 5) is 7.17. The predicted molar refractivity (Wildman–Crippen MR) is 116 cm³/mol. The summed E-state index contributed by atoms with van der Waals surface area (Å²) in [7, 11) is 0. The number of pyridine rings is 1. The van der Waals surface area contributed by atoms with Gasteiger partial charge in [-0.05, 0) is 69.5 Å². The molecule has 158 valence electrons. The monoisotopic (exact) mass is 405 g/mol. The molecule has 2 aliphatic rings. The van der Waals surface area contributed by atoms with Crippen molar-refractivity contribution >= 4 is 0 Å². The van der Waals surface area contributed by atoms with Gasteiger partial charge in [0.05, 0.1) is 42.2 Å². The van der Waals surface area contributed by atoms with Gasteiger partial charge >= 0.3 is 0 Å². The third-order valence-electron chi connectivity index (χ3n) is 6.82. The number of nitrogens with zero attached hydrogens (tertiary/aromatic N) is 3. The van der Waals surface area contributed by atoms with Crippen LogP contribution in [0.4, 0.5) is 0 Å². The molecule has 0 bridgehead atoms. The maximum absolute atomic E-state index is 8.97. The fraction of sp³-hybridized carbons (Fsp3) is 0.520. The van der Waals surface area contributed by atoms with E-state index in [1.165, 1.54) is 0 Å². The van der Waals surface area contributed by atoms with Gasteiger partial charge in [-0.15, -0.1) is 0 Å².